The third kappa shape index (κ3) is 6.92. The zero-order chi connectivity index (χ0) is 15.3. The predicted molar refractivity (Wildman–Crippen MR) is 83.9 cm³/mol. The number of aliphatic hydroxyl groups is 1. The van der Waals surface area contributed by atoms with E-state index >= 15 is 0 Å². The quantitative estimate of drug-likeness (QED) is 0.571. The van der Waals surface area contributed by atoms with E-state index in [1.807, 2.05) is 0 Å². The lowest BCUT2D eigenvalue weighted by Gasteiger charge is -2.06. The molecule has 1 heterocycles. The second kappa shape index (κ2) is 10.9. The number of hydrogen-bond acceptors (Lipinski definition) is 3. The van der Waals surface area contributed by atoms with Crippen LogP contribution in [0.25, 0.3) is 0 Å². The van der Waals surface area contributed by atoms with Crippen molar-refractivity contribution < 1.29 is 9.90 Å². The lowest BCUT2D eigenvalue weighted by Crippen LogP contribution is -2.26. The van der Waals surface area contributed by atoms with Crippen LogP contribution in [0.1, 0.15) is 61.5 Å². The van der Waals surface area contributed by atoms with E-state index in [4.69, 9.17) is 5.11 Å². The Morgan fingerprint density at radius 1 is 1.29 bits per heavy atom. The summed E-state index contributed by atoms with van der Waals surface area (Å²) >= 11 is 0. The normalized spacial score (nSPS) is 9.81. The number of rotatable bonds is 8. The number of unbranched alkanes of at least 4 members (excludes halogenated alkanes) is 5. The molecule has 0 fully saturated rings. The second-order valence-corrected chi connectivity index (χ2v) is 4.88. The van der Waals surface area contributed by atoms with Crippen LogP contribution in [-0.4, -0.2) is 29.1 Å². The standard InChI is InChI=1S/C17H24N2O2/c1-2-3-4-5-6-7-12-19-17(21)16-15(11-9-14-20)10-8-13-18-16/h8,10,13,20H,2-7,12,14H2,1H3,(H,19,21). The third-order valence-electron chi connectivity index (χ3n) is 3.14. The zero-order valence-electron chi connectivity index (χ0n) is 12.7. The Morgan fingerprint density at radius 3 is 2.81 bits per heavy atom. The Balaban J connectivity index is 2.38. The fourth-order valence-corrected chi connectivity index (χ4v) is 2.01. The number of nitrogens with zero attached hydrogens (tertiary/aromatic N) is 1. The summed E-state index contributed by atoms with van der Waals surface area (Å²) in [5.74, 6) is 5.08. The van der Waals surface area contributed by atoms with Gasteiger partial charge in [0.2, 0.25) is 0 Å². The van der Waals surface area contributed by atoms with Crippen molar-refractivity contribution in [1.82, 2.24) is 10.3 Å². The second-order valence-electron chi connectivity index (χ2n) is 4.88. The largest absolute Gasteiger partial charge is 0.384 e. The monoisotopic (exact) mass is 288 g/mol. The highest BCUT2D eigenvalue weighted by Gasteiger charge is 2.10. The van der Waals surface area contributed by atoms with Crippen LogP contribution in [0.15, 0.2) is 18.3 Å². The number of carbonyl (C=O) groups is 1. The third-order valence-corrected chi connectivity index (χ3v) is 3.14. The van der Waals surface area contributed by atoms with Gasteiger partial charge in [0.15, 0.2) is 0 Å². The number of aromatic nitrogens is 1. The molecule has 4 heteroatoms. The number of hydrogen-bond donors (Lipinski definition) is 2. The molecule has 1 amide bonds. The molecular weight excluding hydrogens is 264 g/mol. The first-order chi connectivity index (χ1) is 10.3. The summed E-state index contributed by atoms with van der Waals surface area (Å²) < 4.78 is 0. The summed E-state index contributed by atoms with van der Waals surface area (Å²) in [6, 6.07) is 3.46. The number of nitrogens with one attached hydrogen (secondary N) is 1. The molecule has 1 rings (SSSR count). The highest BCUT2D eigenvalue weighted by molar-refractivity contribution is 5.94. The van der Waals surface area contributed by atoms with Crippen molar-refractivity contribution in [3.05, 3.63) is 29.6 Å². The van der Waals surface area contributed by atoms with Gasteiger partial charge in [-0.2, -0.15) is 0 Å². The minimum atomic E-state index is -0.228. The Labute approximate surface area is 127 Å². The van der Waals surface area contributed by atoms with Crippen LogP contribution in [-0.2, 0) is 0 Å². The van der Waals surface area contributed by atoms with Crippen molar-refractivity contribution in [2.75, 3.05) is 13.2 Å². The number of aliphatic hydroxyl groups excluding tert-OH is 1. The van der Waals surface area contributed by atoms with Crippen molar-refractivity contribution in [3.8, 4) is 11.8 Å². The maximum absolute atomic E-state index is 12.1. The molecule has 0 aliphatic carbocycles. The van der Waals surface area contributed by atoms with E-state index in [1.165, 1.54) is 25.7 Å². The molecule has 0 bridgehead atoms. The molecule has 0 aliphatic heterocycles. The van der Waals surface area contributed by atoms with E-state index < -0.39 is 0 Å². The van der Waals surface area contributed by atoms with Crippen LogP contribution in [0.5, 0.6) is 0 Å². The van der Waals surface area contributed by atoms with Crippen LogP contribution < -0.4 is 5.32 Å². The van der Waals surface area contributed by atoms with Crippen LogP contribution in [0.3, 0.4) is 0 Å². The Morgan fingerprint density at radius 2 is 2.05 bits per heavy atom. The Hall–Kier alpha value is -1.86. The molecule has 114 valence electrons. The van der Waals surface area contributed by atoms with E-state index in [0.717, 1.165) is 12.8 Å². The maximum Gasteiger partial charge on any atom is 0.271 e. The van der Waals surface area contributed by atoms with E-state index in [1.54, 1.807) is 18.3 Å². The average Bonchev–Trinajstić information content (AvgIpc) is 2.52. The van der Waals surface area contributed by atoms with Gasteiger partial charge in [-0.25, -0.2) is 4.98 Å². The Bertz CT molecular complexity index is 489. The first-order valence-electron chi connectivity index (χ1n) is 7.62. The molecule has 0 atom stereocenters. The number of pyridine rings is 1. The van der Waals surface area contributed by atoms with Crippen LogP contribution in [0.4, 0.5) is 0 Å². The summed E-state index contributed by atoms with van der Waals surface area (Å²) in [5.41, 5.74) is 0.872. The SMILES string of the molecule is CCCCCCCCNC(=O)c1ncccc1C#CCO. The van der Waals surface area contributed by atoms with Crippen molar-refractivity contribution in [1.29, 1.82) is 0 Å². The first-order valence-corrected chi connectivity index (χ1v) is 7.62. The fourth-order valence-electron chi connectivity index (χ4n) is 2.01. The Kier molecular flexibility index (Phi) is 8.90. The topological polar surface area (TPSA) is 62.2 Å². The van der Waals surface area contributed by atoms with E-state index in [9.17, 15) is 4.79 Å². The van der Waals surface area contributed by atoms with Gasteiger partial charge in [-0.3, -0.25) is 4.79 Å². The van der Waals surface area contributed by atoms with Gasteiger partial charge in [-0.1, -0.05) is 50.9 Å². The predicted octanol–water partition coefficient (Wildman–Crippen LogP) is 2.52. The molecule has 1 aromatic heterocycles. The molecular formula is C17H24N2O2. The molecule has 0 saturated carbocycles. The molecule has 21 heavy (non-hydrogen) atoms. The van der Waals surface area contributed by atoms with Gasteiger partial charge in [0.25, 0.3) is 5.91 Å². The van der Waals surface area contributed by atoms with Crippen molar-refractivity contribution >= 4 is 5.91 Å². The van der Waals surface area contributed by atoms with Crippen molar-refractivity contribution in [2.24, 2.45) is 0 Å². The lowest BCUT2D eigenvalue weighted by molar-refractivity contribution is 0.0947. The maximum atomic E-state index is 12.1. The van der Waals surface area contributed by atoms with Gasteiger partial charge in [-0.15, -0.1) is 0 Å². The molecule has 0 radical (unpaired) electrons. The van der Waals surface area contributed by atoms with Gasteiger partial charge in [-0.05, 0) is 18.6 Å². The summed E-state index contributed by atoms with van der Waals surface area (Å²) in [5, 5.41) is 11.6. The van der Waals surface area contributed by atoms with Crippen LogP contribution in [0, 0.1) is 11.8 Å². The number of carbonyl (C=O) groups excluding carboxylic acids is 1. The van der Waals surface area contributed by atoms with E-state index in [2.05, 4.69) is 29.1 Å². The highest BCUT2D eigenvalue weighted by atomic mass is 16.2. The molecule has 4 nitrogen and oxygen atoms in total. The van der Waals surface area contributed by atoms with Gasteiger partial charge < -0.3 is 10.4 Å². The molecule has 0 aromatic carbocycles. The van der Waals surface area contributed by atoms with Gasteiger partial charge in [0.1, 0.15) is 12.3 Å². The zero-order valence-corrected chi connectivity index (χ0v) is 12.7. The summed E-state index contributed by atoms with van der Waals surface area (Å²) in [7, 11) is 0. The summed E-state index contributed by atoms with van der Waals surface area (Å²) in [4.78, 5) is 16.1. The minimum absolute atomic E-state index is 0.202. The first kappa shape index (κ1) is 17.2. The van der Waals surface area contributed by atoms with Gasteiger partial charge >= 0.3 is 0 Å². The van der Waals surface area contributed by atoms with Crippen molar-refractivity contribution in [3.63, 3.8) is 0 Å². The lowest BCUT2D eigenvalue weighted by atomic mass is 10.1. The average molecular weight is 288 g/mol. The molecule has 1 aromatic rings. The molecule has 0 saturated heterocycles. The highest BCUT2D eigenvalue weighted by Crippen LogP contribution is 2.05. The number of amides is 1. The molecule has 0 spiro atoms. The van der Waals surface area contributed by atoms with Gasteiger partial charge in [0.05, 0.1) is 5.56 Å². The van der Waals surface area contributed by atoms with E-state index in [0.29, 0.717) is 17.8 Å². The minimum Gasteiger partial charge on any atom is -0.384 e. The summed E-state index contributed by atoms with van der Waals surface area (Å²) in [6.07, 6.45) is 8.72. The molecule has 2 N–H and O–H groups in total. The van der Waals surface area contributed by atoms with Crippen LogP contribution in [0.2, 0.25) is 0 Å². The van der Waals surface area contributed by atoms with Gasteiger partial charge in [0, 0.05) is 12.7 Å². The van der Waals surface area contributed by atoms with Crippen molar-refractivity contribution in [2.45, 2.75) is 45.4 Å². The fraction of sp³-hybridized carbons (Fsp3) is 0.529. The summed E-state index contributed by atoms with van der Waals surface area (Å²) in [6.45, 7) is 2.63. The molecule has 0 unspecified atom stereocenters. The van der Waals surface area contributed by atoms with Crippen LogP contribution >= 0.6 is 0 Å². The molecule has 0 aliphatic rings. The van der Waals surface area contributed by atoms with E-state index in [-0.39, 0.29) is 12.5 Å². The smallest absolute Gasteiger partial charge is 0.271 e.